The molecular formula is C26H29ClN4O3. The van der Waals surface area contributed by atoms with Crippen LogP contribution in [-0.4, -0.2) is 41.2 Å². The van der Waals surface area contributed by atoms with Gasteiger partial charge in [0.1, 0.15) is 0 Å². The van der Waals surface area contributed by atoms with Crippen LogP contribution < -0.4 is 14.9 Å². The molecule has 0 bridgehead atoms. The molecule has 7 nitrogen and oxygen atoms in total. The van der Waals surface area contributed by atoms with Crippen LogP contribution in [0, 0.1) is 0 Å². The van der Waals surface area contributed by atoms with Gasteiger partial charge >= 0.3 is 6.09 Å². The Bertz CT molecular complexity index is 1140. The van der Waals surface area contributed by atoms with Gasteiger partial charge in [-0.1, -0.05) is 24.3 Å². The van der Waals surface area contributed by atoms with Gasteiger partial charge in [0.05, 0.1) is 12.8 Å². The zero-order chi connectivity index (χ0) is 22.6. The maximum atomic E-state index is 13.0. The number of fused-ring (bicyclic) bond motifs is 2. The Labute approximate surface area is 206 Å². The molecule has 3 aromatic rings. The average molecular weight is 481 g/mol. The van der Waals surface area contributed by atoms with Crippen LogP contribution in [0.1, 0.15) is 28.7 Å². The summed E-state index contributed by atoms with van der Waals surface area (Å²) >= 11 is 0. The van der Waals surface area contributed by atoms with E-state index in [1.54, 1.807) is 24.4 Å². The molecule has 0 saturated heterocycles. The van der Waals surface area contributed by atoms with E-state index in [9.17, 15) is 4.79 Å². The lowest BCUT2D eigenvalue weighted by Crippen LogP contribution is -2.37. The van der Waals surface area contributed by atoms with Crippen molar-refractivity contribution < 1.29 is 14.3 Å². The molecule has 3 heterocycles. The number of rotatable bonds is 4. The molecule has 0 spiro atoms. The monoisotopic (exact) mass is 480 g/mol. The van der Waals surface area contributed by atoms with E-state index in [0.29, 0.717) is 31.1 Å². The van der Waals surface area contributed by atoms with Crippen molar-refractivity contribution in [1.29, 1.82) is 0 Å². The van der Waals surface area contributed by atoms with Gasteiger partial charge < -0.3 is 19.8 Å². The second-order valence-corrected chi connectivity index (χ2v) is 8.45. The van der Waals surface area contributed by atoms with Crippen molar-refractivity contribution in [2.75, 3.05) is 25.6 Å². The van der Waals surface area contributed by atoms with Crippen molar-refractivity contribution >= 4 is 24.2 Å². The molecule has 2 aliphatic heterocycles. The third kappa shape index (κ3) is 5.26. The SMILES string of the molecule is COc1cc2c(cc1OC(=O)N1CCc3ccccc3C1)CN(Nc1ccncc1)CCC2.Cl. The van der Waals surface area contributed by atoms with Crippen molar-refractivity contribution in [3.8, 4) is 11.5 Å². The Kier molecular flexibility index (Phi) is 7.55. The second-order valence-electron chi connectivity index (χ2n) is 8.45. The van der Waals surface area contributed by atoms with Crippen LogP contribution in [0.5, 0.6) is 11.5 Å². The number of hydrogen-bond donors (Lipinski definition) is 1. The number of aryl methyl sites for hydroxylation is 1. The summed E-state index contributed by atoms with van der Waals surface area (Å²) in [6.45, 7) is 2.81. The number of nitrogens with one attached hydrogen (secondary N) is 1. The fourth-order valence-corrected chi connectivity index (χ4v) is 4.52. The Balaban J connectivity index is 0.00000274. The van der Waals surface area contributed by atoms with E-state index in [2.05, 4.69) is 27.6 Å². The quantitative estimate of drug-likeness (QED) is 0.576. The molecule has 0 aliphatic carbocycles. The van der Waals surface area contributed by atoms with Crippen molar-refractivity contribution in [2.45, 2.75) is 32.4 Å². The number of amides is 1. The number of halogens is 1. The Morgan fingerprint density at radius 1 is 0.912 bits per heavy atom. The number of hydrogen-bond acceptors (Lipinski definition) is 6. The maximum Gasteiger partial charge on any atom is 0.415 e. The van der Waals surface area contributed by atoms with Gasteiger partial charge in [0, 0.05) is 38.6 Å². The van der Waals surface area contributed by atoms with Crippen LogP contribution in [0.25, 0.3) is 0 Å². The maximum absolute atomic E-state index is 13.0. The minimum atomic E-state index is -0.344. The Morgan fingerprint density at radius 2 is 1.68 bits per heavy atom. The van der Waals surface area contributed by atoms with E-state index < -0.39 is 0 Å². The fraction of sp³-hybridized carbons (Fsp3) is 0.308. The molecule has 0 radical (unpaired) electrons. The fourth-order valence-electron chi connectivity index (χ4n) is 4.52. The zero-order valence-corrected chi connectivity index (χ0v) is 20.0. The van der Waals surface area contributed by atoms with E-state index >= 15 is 0 Å². The number of carbonyl (C=O) groups excluding carboxylic acids is 1. The standard InChI is InChI=1S/C26H28N4O3.ClH/c1-32-24-15-20-7-4-13-30(28-23-8-11-27-12-9-23)18-22(20)16-25(24)33-26(31)29-14-10-19-5-2-3-6-21(19)17-29;/h2-3,5-6,8-9,11-12,15-16H,4,7,10,13-14,17-18H2,1H3,(H,27,28);1H. The minimum absolute atomic E-state index is 0. The predicted molar refractivity (Wildman–Crippen MR) is 133 cm³/mol. The van der Waals surface area contributed by atoms with Gasteiger partial charge in [0.2, 0.25) is 0 Å². The Hall–Kier alpha value is -3.29. The van der Waals surface area contributed by atoms with Crippen LogP contribution in [0.3, 0.4) is 0 Å². The Morgan fingerprint density at radius 3 is 2.47 bits per heavy atom. The lowest BCUT2D eigenvalue weighted by atomic mass is 10.0. The van der Waals surface area contributed by atoms with Gasteiger partial charge in [-0.25, -0.2) is 9.80 Å². The van der Waals surface area contributed by atoms with E-state index in [0.717, 1.165) is 37.1 Å². The normalized spacial score (nSPS) is 15.3. The lowest BCUT2D eigenvalue weighted by Gasteiger charge is -2.28. The van der Waals surface area contributed by atoms with Crippen LogP contribution in [0.2, 0.25) is 0 Å². The van der Waals surface area contributed by atoms with Gasteiger partial charge in [-0.3, -0.25) is 4.98 Å². The summed E-state index contributed by atoms with van der Waals surface area (Å²) in [5, 5.41) is 2.18. The zero-order valence-electron chi connectivity index (χ0n) is 19.2. The molecule has 8 heteroatoms. The van der Waals surface area contributed by atoms with Crippen LogP contribution in [0.4, 0.5) is 10.5 Å². The van der Waals surface area contributed by atoms with Gasteiger partial charge in [0.25, 0.3) is 0 Å². The third-order valence-electron chi connectivity index (χ3n) is 6.27. The minimum Gasteiger partial charge on any atom is -0.493 e. The van der Waals surface area contributed by atoms with Crippen LogP contribution >= 0.6 is 12.4 Å². The number of anilines is 1. The van der Waals surface area contributed by atoms with Crippen LogP contribution in [0.15, 0.2) is 60.9 Å². The number of aromatic nitrogens is 1. The molecule has 0 unspecified atom stereocenters. The van der Waals surface area contributed by atoms with Crippen molar-refractivity contribution in [2.24, 2.45) is 0 Å². The van der Waals surface area contributed by atoms with Gasteiger partial charge in [-0.15, -0.1) is 12.4 Å². The summed E-state index contributed by atoms with van der Waals surface area (Å²) in [5.41, 5.74) is 9.27. The number of ether oxygens (including phenoxy) is 2. The molecule has 1 N–H and O–H groups in total. The average Bonchev–Trinajstić information content (AvgIpc) is 3.04. The summed E-state index contributed by atoms with van der Waals surface area (Å²) in [6, 6.07) is 16.1. The van der Waals surface area contributed by atoms with Gasteiger partial charge in [0.15, 0.2) is 11.5 Å². The predicted octanol–water partition coefficient (Wildman–Crippen LogP) is 4.84. The van der Waals surface area contributed by atoms with Crippen LogP contribution in [-0.2, 0) is 25.9 Å². The molecule has 2 aromatic carbocycles. The van der Waals surface area contributed by atoms with Crippen molar-refractivity contribution in [1.82, 2.24) is 14.9 Å². The molecule has 0 fully saturated rings. The number of carbonyl (C=O) groups is 1. The molecule has 0 atom stereocenters. The number of methoxy groups -OCH3 is 1. The smallest absolute Gasteiger partial charge is 0.415 e. The van der Waals surface area contributed by atoms with E-state index in [1.165, 1.54) is 16.7 Å². The number of benzene rings is 2. The van der Waals surface area contributed by atoms with Gasteiger partial charge in [-0.05, 0) is 65.8 Å². The van der Waals surface area contributed by atoms with E-state index in [-0.39, 0.29) is 18.5 Å². The largest absolute Gasteiger partial charge is 0.493 e. The molecule has 34 heavy (non-hydrogen) atoms. The summed E-state index contributed by atoms with van der Waals surface area (Å²) < 4.78 is 11.5. The highest BCUT2D eigenvalue weighted by Crippen LogP contribution is 2.34. The first kappa shape index (κ1) is 23.9. The molecule has 1 aromatic heterocycles. The number of hydrazine groups is 1. The van der Waals surface area contributed by atoms with Crippen molar-refractivity contribution in [3.63, 3.8) is 0 Å². The molecule has 2 aliphatic rings. The highest BCUT2D eigenvalue weighted by atomic mass is 35.5. The molecule has 1 amide bonds. The molecular weight excluding hydrogens is 452 g/mol. The lowest BCUT2D eigenvalue weighted by molar-refractivity contribution is 0.145. The highest BCUT2D eigenvalue weighted by molar-refractivity contribution is 5.85. The van der Waals surface area contributed by atoms with Crippen molar-refractivity contribution in [3.05, 3.63) is 83.2 Å². The molecule has 178 valence electrons. The highest BCUT2D eigenvalue weighted by Gasteiger charge is 2.24. The number of nitrogens with zero attached hydrogens (tertiary/aromatic N) is 3. The first-order valence-corrected chi connectivity index (χ1v) is 11.3. The summed E-state index contributed by atoms with van der Waals surface area (Å²) in [4.78, 5) is 18.8. The third-order valence-corrected chi connectivity index (χ3v) is 6.27. The topological polar surface area (TPSA) is 66.9 Å². The summed E-state index contributed by atoms with van der Waals surface area (Å²) in [7, 11) is 1.62. The first-order valence-electron chi connectivity index (χ1n) is 11.3. The number of pyridine rings is 1. The summed E-state index contributed by atoms with van der Waals surface area (Å²) in [6.07, 6.45) is 5.99. The summed E-state index contributed by atoms with van der Waals surface area (Å²) in [5.74, 6) is 1.06. The molecule has 0 saturated carbocycles. The molecule has 5 rings (SSSR count). The first-order chi connectivity index (χ1) is 16.2. The van der Waals surface area contributed by atoms with E-state index in [1.807, 2.05) is 36.4 Å². The second kappa shape index (κ2) is 10.8. The van der Waals surface area contributed by atoms with Gasteiger partial charge in [-0.2, -0.15) is 0 Å². The van der Waals surface area contributed by atoms with E-state index in [4.69, 9.17) is 9.47 Å².